The molecule has 1 unspecified atom stereocenters. The van der Waals surface area contributed by atoms with Gasteiger partial charge in [-0.15, -0.1) is 0 Å². The Morgan fingerprint density at radius 2 is 2.05 bits per heavy atom. The van der Waals surface area contributed by atoms with Crippen molar-refractivity contribution < 1.29 is 0 Å². The van der Waals surface area contributed by atoms with Gasteiger partial charge >= 0.3 is 0 Å². The predicted molar refractivity (Wildman–Crippen MR) is 87.4 cm³/mol. The number of aromatic nitrogens is 2. The highest BCUT2D eigenvalue weighted by Crippen LogP contribution is 2.42. The monoisotopic (exact) mass is 277 g/mol. The molecule has 2 N–H and O–H groups in total. The average molecular weight is 277 g/mol. The predicted octanol–water partition coefficient (Wildman–Crippen LogP) is 4.89. The smallest absolute Gasteiger partial charge is 0.138 e. The Morgan fingerprint density at radius 3 is 2.95 bits per heavy atom. The van der Waals surface area contributed by atoms with Gasteiger partial charge in [-0.25, -0.2) is 4.98 Å². The summed E-state index contributed by atoms with van der Waals surface area (Å²) in [4.78, 5) is 7.82. The highest BCUT2D eigenvalue weighted by molar-refractivity contribution is 6.00. The summed E-state index contributed by atoms with van der Waals surface area (Å²) in [6, 6.07) is 11.0. The van der Waals surface area contributed by atoms with Crippen LogP contribution in [-0.4, -0.2) is 9.97 Å². The molecule has 2 aromatic heterocycles. The van der Waals surface area contributed by atoms with Crippen LogP contribution in [0.4, 0.5) is 5.69 Å². The fraction of sp³-hybridized carbons (Fsp3) is 0.278. The van der Waals surface area contributed by atoms with Crippen molar-refractivity contribution in [1.29, 1.82) is 0 Å². The molecule has 3 nitrogen and oxygen atoms in total. The van der Waals surface area contributed by atoms with Gasteiger partial charge in [0.2, 0.25) is 0 Å². The van der Waals surface area contributed by atoms with Gasteiger partial charge in [0.1, 0.15) is 5.65 Å². The number of nitrogens with one attached hydrogen (secondary N) is 2. The van der Waals surface area contributed by atoms with E-state index in [0.717, 1.165) is 12.1 Å². The van der Waals surface area contributed by atoms with E-state index < -0.39 is 0 Å². The summed E-state index contributed by atoms with van der Waals surface area (Å²) in [5.41, 5.74) is 6.10. The molecule has 0 aliphatic carbocycles. The van der Waals surface area contributed by atoms with Gasteiger partial charge in [0, 0.05) is 34.6 Å². The Bertz CT molecular complexity index is 788. The molecular weight excluding hydrogens is 258 g/mol. The highest BCUT2D eigenvalue weighted by Gasteiger charge is 2.23. The van der Waals surface area contributed by atoms with Crippen molar-refractivity contribution in [1.82, 2.24) is 9.97 Å². The lowest BCUT2D eigenvalue weighted by atomic mass is 9.98. The lowest BCUT2D eigenvalue weighted by Gasteiger charge is -2.18. The number of fused-ring (bicyclic) bond motifs is 2. The van der Waals surface area contributed by atoms with Crippen LogP contribution in [0.2, 0.25) is 0 Å². The molecule has 0 fully saturated rings. The Labute approximate surface area is 124 Å². The van der Waals surface area contributed by atoms with Crippen molar-refractivity contribution in [2.45, 2.75) is 32.2 Å². The summed E-state index contributed by atoms with van der Waals surface area (Å²) in [5, 5.41) is 5.01. The van der Waals surface area contributed by atoms with Gasteiger partial charge in [0.05, 0.1) is 6.04 Å². The van der Waals surface area contributed by atoms with Crippen molar-refractivity contribution in [3.8, 4) is 11.1 Å². The number of benzene rings is 1. The van der Waals surface area contributed by atoms with Gasteiger partial charge in [-0.3, -0.25) is 0 Å². The van der Waals surface area contributed by atoms with E-state index in [0.29, 0.717) is 6.04 Å². The second kappa shape index (κ2) is 4.92. The van der Waals surface area contributed by atoms with Crippen LogP contribution in [0.15, 0.2) is 42.7 Å². The lowest BCUT2D eigenvalue weighted by molar-refractivity contribution is 0.638. The van der Waals surface area contributed by atoms with Gasteiger partial charge in [0.25, 0.3) is 0 Å². The van der Waals surface area contributed by atoms with Crippen molar-refractivity contribution in [2.75, 3.05) is 5.32 Å². The summed E-state index contributed by atoms with van der Waals surface area (Å²) in [6.45, 7) is 2.24. The SMILES string of the molecule is CCCCC1Nc2ccccc2-c2ccnc3[nH]cc1c23. The summed E-state index contributed by atoms with van der Waals surface area (Å²) in [7, 11) is 0. The van der Waals surface area contributed by atoms with Crippen molar-refractivity contribution in [3.05, 3.63) is 48.3 Å². The number of para-hydroxylation sites is 1. The van der Waals surface area contributed by atoms with E-state index in [1.807, 2.05) is 6.20 Å². The van der Waals surface area contributed by atoms with Crippen LogP contribution in [0, 0.1) is 0 Å². The molecule has 0 amide bonds. The molecular formula is C18H19N3. The molecule has 0 saturated heterocycles. The second-order valence-electron chi connectivity index (χ2n) is 5.71. The number of rotatable bonds is 3. The van der Waals surface area contributed by atoms with Crippen LogP contribution in [0.5, 0.6) is 0 Å². The zero-order valence-electron chi connectivity index (χ0n) is 12.2. The largest absolute Gasteiger partial charge is 0.378 e. The van der Waals surface area contributed by atoms with Crippen LogP contribution in [0.3, 0.4) is 0 Å². The second-order valence-corrected chi connectivity index (χ2v) is 5.71. The normalized spacial score (nSPS) is 16.3. The van der Waals surface area contributed by atoms with E-state index in [4.69, 9.17) is 0 Å². The third kappa shape index (κ3) is 1.92. The maximum absolute atomic E-state index is 4.49. The van der Waals surface area contributed by atoms with Gasteiger partial charge in [-0.2, -0.15) is 0 Å². The first kappa shape index (κ1) is 12.5. The number of hydrogen-bond acceptors (Lipinski definition) is 2. The van der Waals surface area contributed by atoms with Gasteiger partial charge < -0.3 is 10.3 Å². The quantitative estimate of drug-likeness (QED) is 0.715. The Kier molecular flexibility index (Phi) is 2.92. The molecule has 0 saturated carbocycles. The Balaban J connectivity index is 1.98. The van der Waals surface area contributed by atoms with Gasteiger partial charge in [-0.05, 0) is 24.1 Å². The van der Waals surface area contributed by atoms with E-state index >= 15 is 0 Å². The first-order valence-corrected chi connectivity index (χ1v) is 7.70. The fourth-order valence-electron chi connectivity index (χ4n) is 3.33. The average Bonchev–Trinajstić information content (AvgIpc) is 2.90. The summed E-state index contributed by atoms with van der Waals surface area (Å²) in [6.07, 6.45) is 7.60. The minimum Gasteiger partial charge on any atom is -0.378 e. The molecule has 0 radical (unpaired) electrons. The minimum atomic E-state index is 0.352. The topological polar surface area (TPSA) is 40.7 Å². The molecule has 1 aromatic carbocycles. The number of hydrogen-bond donors (Lipinski definition) is 2. The van der Waals surface area contributed by atoms with E-state index in [9.17, 15) is 0 Å². The van der Waals surface area contributed by atoms with Crippen LogP contribution in [0.25, 0.3) is 22.2 Å². The Morgan fingerprint density at radius 1 is 1.14 bits per heavy atom. The molecule has 3 aromatic rings. The number of pyridine rings is 1. The van der Waals surface area contributed by atoms with Crippen molar-refractivity contribution in [3.63, 3.8) is 0 Å². The lowest BCUT2D eigenvalue weighted by Crippen LogP contribution is -2.09. The standard InChI is InChI=1S/C18H19N3/c1-2-3-7-16-14-11-20-18-17(14)13(9-10-19-18)12-6-4-5-8-15(12)21-16/h4-6,8-11,16,21H,2-3,7H2,1H3,(H,19,20). The molecule has 21 heavy (non-hydrogen) atoms. The number of aromatic amines is 1. The van der Waals surface area contributed by atoms with Gasteiger partial charge in [-0.1, -0.05) is 38.0 Å². The first-order chi connectivity index (χ1) is 10.4. The van der Waals surface area contributed by atoms with Crippen molar-refractivity contribution >= 4 is 16.7 Å². The molecule has 1 atom stereocenters. The molecule has 3 heterocycles. The Hall–Kier alpha value is -2.29. The minimum absolute atomic E-state index is 0.352. The molecule has 4 rings (SSSR count). The zero-order valence-corrected chi connectivity index (χ0v) is 12.2. The molecule has 1 aliphatic rings. The van der Waals surface area contributed by atoms with Crippen molar-refractivity contribution in [2.24, 2.45) is 0 Å². The number of H-pyrrole nitrogens is 1. The van der Waals surface area contributed by atoms with E-state index in [1.54, 1.807) is 0 Å². The summed E-state index contributed by atoms with van der Waals surface area (Å²) >= 11 is 0. The van der Waals surface area contributed by atoms with Crippen LogP contribution in [-0.2, 0) is 0 Å². The third-order valence-corrected chi connectivity index (χ3v) is 4.37. The maximum Gasteiger partial charge on any atom is 0.138 e. The number of unbranched alkanes of at least 4 members (excludes halogenated alkanes) is 1. The number of nitrogens with zero attached hydrogens (tertiary/aromatic N) is 1. The molecule has 0 spiro atoms. The summed E-state index contributed by atoms with van der Waals surface area (Å²) < 4.78 is 0. The van der Waals surface area contributed by atoms with E-state index in [2.05, 4.69) is 58.7 Å². The zero-order chi connectivity index (χ0) is 14.2. The maximum atomic E-state index is 4.49. The van der Waals surface area contributed by atoms with Crippen LogP contribution >= 0.6 is 0 Å². The number of anilines is 1. The van der Waals surface area contributed by atoms with E-state index in [1.165, 1.54) is 40.6 Å². The van der Waals surface area contributed by atoms with Crippen LogP contribution in [0.1, 0.15) is 37.8 Å². The van der Waals surface area contributed by atoms with Gasteiger partial charge in [0.15, 0.2) is 0 Å². The fourth-order valence-corrected chi connectivity index (χ4v) is 3.33. The molecule has 0 bridgehead atoms. The molecule has 1 aliphatic heterocycles. The summed E-state index contributed by atoms with van der Waals surface area (Å²) in [5.74, 6) is 0. The molecule has 3 heteroatoms. The third-order valence-electron chi connectivity index (χ3n) is 4.37. The molecule has 106 valence electrons. The highest BCUT2D eigenvalue weighted by atomic mass is 14.9. The van der Waals surface area contributed by atoms with E-state index in [-0.39, 0.29) is 0 Å². The first-order valence-electron chi connectivity index (χ1n) is 7.70. The van der Waals surface area contributed by atoms with Crippen LogP contribution < -0.4 is 5.32 Å².